The zero-order chi connectivity index (χ0) is 21.5. The summed E-state index contributed by atoms with van der Waals surface area (Å²) in [6, 6.07) is 21.3. The van der Waals surface area contributed by atoms with E-state index < -0.39 is 0 Å². The zero-order valence-electron chi connectivity index (χ0n) is 19.2. The summed E-state index contributed by atoms with van der Waals surface area (Å²) < 4.78 is 0. The first-order chi connectivity index (χ1) is 15.4. The summed E-state index contributed by atoms with van der Waals surface area (Å²) in [6.07, 6.45) is 7.74. The van der Waals surface area contributed by atoms with Crippen molar-refractivity contribution in [3.8, 4) is 0 Å². The third-order valence-electron chi connectivity index (χ3n) is 6.22. The summed E-state index contributed by atoms with van der Waals surface area (Å²) >= 11 is 0. The molecule has 4 N–H and O–H groups in total. The fourth-order valence-electron chi connectivity index (χ4n) is 3.96. The molecule has 31 heavy (non-hydrogen) atoms. The maximum atomic E-state index is 3.70. The molecule has 0 radical (unpaired) electrons. The molecule has 0 amide bonds. The molecule has 1 aliphatic carbocycles. The molecule has 1 aliphatic rings. The van der Waals surface area contributed by atoms with Crippen LogP contribution in [0.4, 0.5) is 0 Å². The van der Waals surface area contributed by atoms with Crippen molar-refractivity contribution in [2.75, 3.05) is 39.3 Å². The molecule has 0 saturated heterocycles. The monoisotopic (exact) mass is 422 g/mol. The number of unbranched alkanes of at least 4 members (excludes halogenated alkanes) is 2. The highest BCUT2D eigenvalue weighted by Crippen LogP contribution is 2.44. The summed E-state index contributed by atoms with van der Waals surface area (Å²) in [6.45, 7) is 8.79. The normalized spacial score (nSPS) is 14.6. The Morgan fingerprint density at radius 1 is 0.516 bits per heavy atom. The summed E-state index contributed by atoms with van der Waals surface area (Å²) in [7, 11) is 0. The average molecular weight is 423 g/mol. The fraction of sp³-hybridized carbons (Fsp3) is 0.556. The van der Waals surface area contributed by atoms with Crippen molar-refractivity contribution in [2.24, 2.45) is 5.41 Å². The lowest BCUT2D eigenvalue weighted by molar-refractivity contribution is 0.416. The number of benzene rings is 2. The lowest BCUT2D eigenvalue weighted by atomic mass is 10.1. The Kier molecular flexibility index (Phi) is 11.1. The van der Waals surface area contributed by atoms with Crippen molar-refractivity contribution in [3.63, 3.8) is 0 Å². The summed E-state index contributed by atoms with van der Waals surface area (Å²) in [5.74, 6) is 0. The van der Waals surface area contributed by atoms with Gasteiger partial charge < -0.3 is 21.3 Å². The van der Waals surface area contributed by atoms with Crippen LogP contribution in [0.3, 0.4) is 0 Å². The van der Waals surface area contributed by atoms with Crippen LogP contribution in [0.2, 0.25) is 0 Å². The van der Waals surface area contributed by atoms with Crippen LogP contribution in [0.15, 0.2) is 60.7 Å². The second-order valence-corrected chi connectivity index (χ2v) is 9.09. The molecule has 0 aromatic heterocycles. The van der Waals surface area contributed by atoms with Gasteiger partial charge in [0.15, 0.2) is 0 Å². The van der Waals surface area contributed by atoms with Crippen LogP contribution in [-0.4, -0.2) is 39.3 Å². The molecule has 0 heterocycles. The Balaban J connectivity index is 1.08. The van der Waals surface area contributed by atoms with Crippen LogP contribution in [0.5, 0.6) is 0 Å². The minimum atomic E-state index is 0.539. The molecule has 4 nitrogen and oxygen atoms in total. The maximum absolute atomic E-state index is 3.70. The SMILES string of the molecule is c1ccc(CNCCCCNCC2(CNCCCCNCc3ccccc3)CC2)cc1. The first-order valence-electron chi connectivity index (χ1n) is 12.3. The van der Waals surface area contributed by atoms with E-state index in [9.17, 15) is 0 Å². The maximum Gasteiger partial charge on any atom is 0.0205 e. The van der Waals surface area contributed by atoms with E-state index in [1.165, 1.54) is 62.7 Å². The van der Waals surface area contributed by atoms with Gasteiger partial charge in [0.1, 0.15) is 0 Å². The van der Waals surface area contributed by atoms with Gasteiger partial charge >= 0.3 is 0 Å². The Morgan fingerprint density at radius 3 is 1.29 bits per heavy atom. The van der Waals surface area contributed by atoms with Crippen LogP contribution in [0, 0.1) is 5.41 Å². The van der Waals surface area contributed by atoms with Gasteiger partial charge in [-0.15, -0.1) is 0 Å². The first kappa shape index (κ1) is 23.9. The van der Waals surface area contributed by atoms with Gasteiger partial charge in [-0.1, -0.05) is 60.7 Å². The van der Waals surface area contributed by atoms with Crippen molar-refractivity contribution in [3.05, 3.63) is 71.8 Å². The third kappa shape index (κ3) is 10.4. The standard InChI is InChI=1S/C27H42N4/c1-3-11-25(12-4-1)21-28-17-7-9-19-30-23-27(15-16-27)24-31-20-10-8-18-29-22-26-13-5-2-6-14-26/h1-6,11-14,28-31H,7-10,15-24H2. The largest absolute Gasteiger partial charge is 0.316 e. The number of hydrogen-bond donors (Lipinski definition) is 4. The molecular weight excluding hydrogens is 380 g/mol. The highest BCUT2D eigenvalue weighted by Gasteiger charge is 2.41. The Labute approximate surface area is 189 Å². The third-order valence-corrected chi connectivity index (χ3v) is 6.22. The van der Waals surface area contributed by atoms with Gasteiger partial charge in [-0.2, -0.15) is 0 Å². The van der Waals surface area contributed by atoms with Crippen molar-refractivity contribution in [2.45, 2.75) is 51.6 Å². The Morgan fingerprint density at radius 2 is 0.903 bits per heavy atom. The van der Waals surface area contributed by atoms with E-state index in [2.05, 4.69) is 81.9 Å². The number of rotatable bonds is 18. The van der Waals surface area contributed by atoms with E-state index in [0.29, 0.717) is 5.41 Å². The van der Waals surface area contributed by atoms with E-state index in [0.717, 1.165) is 39.3 Å². The second-order valence-electron chi connectivity index (χ2n) is 9.09. The fourth-order valence-corrected chi connectivity index (χ4v) is 3.96. The molecular formula is C27H42N4. The highest BCUT2D eigenvalue weighted by molar-refractivity contribution is 5.14. The zero-order valence-corrected chi connectivity index (χ0v) is 19.2. The average Bonchev–Trinajstić information content (AvgIpc) is 3.58. The van der Waals surface area contributed by atoms with Crippen LogP contribution >= 0.6 is 0 Å². The molecule has 170 valence electrons. The number of hydrogen-bond acceptors (Lipinski definition) is 4. The molecule has 1 fully saturated rings. The lowest BCUT2D eigenvalue weighted by Gasteiger charge is -2.17. The Bertz CT molecular complexity index is 627. The van der Waals surface area contributed by atoms with Crippen LogP contribution in [0.1, 0.15) is 49.7 Å². The molecule has 4 heteroatoms. The quantitative estimate of drug-likeness (QED) is 0.273. The predicted octanol–water partition coefficient (Wildman–Crippen LogP) is 4.09. The lowest BCUT2D eigenvalue weighted by Crippen LogP contribution is -2.34. The smallest absolute Gasteiger partial charge is 0.0205 e. The molecule has 1 saturated carbocycles. The van der Waals surface area contributed by atoms with Crippen molar-refractivity contribution < 1.29 is 0 Å². The van der Waals surface area contributed by atoms with Crippen molar-refractivity contribution in [1.82, 2.24) is 21.3 Å². The van der Waals surface area contributed by atoms with E-state index in [4.69, 9.17) is 0 Å². The number of nitrogens with one attached hydrogen (secondary N) is 4. The first-order valence-corrected chi connectivity index (χ1v) is 12.3. The molecule has 0 spiro atoms. The van der Waals surface area contributed by atoms with Crippen molar-refractivity contribution in [1.29, 1.82) is 0 Å². The van der Waals surface area contributed by atoms with Gasteiger partial charge in [-0.25, -0.2) is 0 Å². The van der Waals surface area contributed by atoms with E-state index in [-0.39, 0.29) is 0 Å². The van der Waals surface area contributed by atoms with Crippen LogP contribution < -0.4 is 21.3 Å². The Hall–Kier alpha value is -1.72. The van der Waals surface area contributed by atoms with Gasteiger partial charge in [0.05, 0.1) is 0 Å². The minimum Gasteiger partial charge on any atom is -0.316 e. The van der Waals surface area contributed by atoms with Crippen molar-refractivity contribution >= 4 is 0 Å². The van der Waals surface area contributed by atoms with Gasteiger partial charge in [-0.3, -0.25) is 0 Å². The molecule has 0 aliphatic heterocycles. The molecule has 3 rings (SSSR count). The van der Waals surface area contributed by atoms with E-state index >= 15 is 0 Å². The second kappa shape index (κ2) is 14.4. The summed E-state index contributed by atoms with van der Waals surface area (Å²) in [4.78, 5) is 0. The van der Waals surface area contributed by atoms with Gasteiger partial charge in [0.2, 0.25) is 0 Å². The predicted molar refractivity (Wildman–Crippen MR) is 132 cm³/mol. The molecule has 2 aromatic carbocycles. The molecule has 0 bridgehead atoms. The summed E-state index contributed by atoms with van der Waals surface area (Å²) in [5, 5.41) is 14.5. The highest BCUT2D eigenvalue weighted by atomic mass is 14.9. The van der Waals surface area contributed by atoms with E-state index in [1.54, 1.807) is 0 Å². The molecule has 0 atom stereocenters. The van der Waals surface area contributed by atoms with E-state index in [1.807, 2.05) is 0 Å². The van der Waals surface area contributed by atoms with Crippen LogP contribution in [-0.2, 0) is 13.1 Å². The minimum absolute atomic E-state index is 0.539. The van der Waals surface area contributed by atoms with Crippen LogP contribution in [0.25, 0.3) is 0 Å². The molecule has 2 aromatic rings. The summed E-state index contributed by atoms with van der Waals surface area (Å²) in [5.41, 5.74) is 3.27. The van der Waals surface area contributed by atoms with Gasteiger partial charge in [0, 0.05) is 26.2 Å². The topological polar surface area (TPSA) is 48.1 Å². The van der Waals surface area contributed by atoms with Gasteiger partial charge in [-0.05, 0) is 81.2 Å². The van der Waals surface area contributed by atoms with Gasteiger partial charge in [0.25, 0.3) is 0 Å². The molecule has 0 unspecified atom stereocenters.